The molecular weight excluding hydrogens is 276 g/mol. The van der Waals surface area contributed by atoms with Crippen molar-refractivity contribution in [3.63, 3.8) is 0 Å². The first-order valence-electron chi connectivity index (χ1n) is 7.63. The van der Waals surface area contributed by atoms with Crippen LogP contribution in [0.15, 0.2) is 36.7 Å². The van der Waals surface area contributed by atoms with E-state index in [4.69, 9.17) is 4.74 Å². The Bertz CT molecular complexity index is 599. The molecule has 0 bridgehead atoms. The Morgan fingerprint density at radius 1 is 1.05 bits per heavy atom. The molecule has 0 radical (unpaired) electrons. The highest BCUT2D eigenvalue weighted by Crippen LogP contribution is 2.27. The van der Waals surface area contributed by atoms with E-state index in [9.17, 15) is 0 Å². The van der Waals surface area contributed by atoms with Gasteiger partial charge in [-0.25, -0.2) is 9.97 Å². The number of hydrogen-bond donors (Lipinski definition) is 2. The van der Waals surface area contributed by atoms with Gasteiger partial charge in [-0.2, -0.15) is 0 Å². The van der Waals surface area contributed by atoms with Crippen LogP contribution in [-0.4, -0.2) is 22.6 Å². The molecule has 1 aromatic carbocycles. The monoisotopic (exact) mass is 300 g/mol. The molecule has 0 aliphatic rings. The Kier molecular flexibility index (Phi) is 5.58. The van der Waals surface area contributed by atoms with Crippen molar-refractivity contribution in [2.75, 3.05) is 17.2 Å². The lowest BCUT2D eigenvalue weighted by Crippen LogP contribution is -2.10. The first kappa shape index (κ1) is 16.1. The molecule has 2 rings (SSSR count). The number of ether oxygens (including phenoxy) is 1. The zero-order valence-electron chi connectivity index (χ0n) is 13.6. The molecule has 0 fully saturated rings. The molecule has 0 aliphatic heterocycles. The first-order chi connectivity index (χ1) is 10.5. The SMILES string of the molecule is CC(C)CNc1cc(Nc2ccccc2OC(C)C)ncn1. The van der Waals surface area contributed by atoms with Crippen molar-refractivity contribution >= 4 is 17.3 Å². The van der Waals surface area contributed by atoms with E-state index < -0.39 is 0 Å². The van der Waals surface area contributed by atoms with Crippen molar-refractivity contribution in [1.29, 1.82) is 0 Å². The third-order valence-electron chi connectivity index (χ3n) is 2.87. The summed E-state index contributed by atoms with van der Waals surface area (Å²) < 4.78 is 5.81. The Balaban J connectivity index is 2.12. The summed E-state index contributed by atoms with van der Waals surface area (Å²) in [5.41, 5.74) is 0.893. The van der Waals surface area contributed by atoms with Crippen LogP contribution < -0.4 is 15.4 Å². The highest BCUT2D eigenvalue weighted by molar-refractivity contribution is 5.65. The van der Waals surface area contributed by atoms with Crippen molar-refractivity contribution in [1.82, 2.24) is 9.97 Å². The second-order valence-corrected chi connectivity index (χ2v) is 5.85. The molecule has 1 heterocycles. The van der Waals surface area contributed by atoms with Crippen LogP contribution >= 0.6 is 0 Å². The van der Waals surface area contributed by atoms with E-state index in [0.29, 0.717) is 5.92 Å². The molecule has 0 saturated carbocycles. The molecule has 22 heavy (non-hydrogen) atoms. The van der Waals surface area contributed by atoms with E-state index >= 15 is 0 Å². The standard InChI is InChI=1S/C17H24N4O/c1-12(2)10-18-16-9-17(20-11-19-16)21-14-7-5-6-8-15(14)22-13(3)4/h5-9,11-13H,10H2,1-4H3,(H2,18,19,20,21). The molecular formula is C17H24N4O. The van der Waals surface area contributed by atoms with Crippen molar-refractivity contribution in [3.05, 3.63) is 36.7 Å². The number of aromatic nitrogens is 2. The van der Waals surface area contributed by atoms with E-state index in [1.54, 1.807) is 6.33 Å². The van der Waals surface area contributed by atoms with E-state index in [2.05, 4.69) is 34.4 Å². The summed E-state index contributed by atoms with van der Waals surface area (Å²) in [7, 11) is 0. The summed E-state index contributed by atoms with van der Waals surface area (Å²) in [6, 6.07) is 9.74. The lowest BCUT2D eigenvalue weighted by atomic mass is 10.2. The van der Waals surface area contributed by atoms with Crippen LogP contribution in [0.4, 0.5) is 17.3 Å². The summed E-state index contributed by atoms with van der Waals surface area (Å²) in [4.78, 5) is 8.49. The predicted octanol–water partition coefficient (Wildman–Crippen LogP) is 4.08. The topological polar surface area (TPSA) is 59.1 Å². The van der Waals surface area contributed by atoms with Gasteiger partial charge in [0.05, 0.1) is 11.8 Å². The second-order valence-electron chi connectivity index (χ2n) is 5.85. The fourth-order valence-corrected chi connectivity index (χ4v) is 1.90. The Labute approximate surface area is 132 Å². The van der Waals surface area contributed by atoms with E-state index in [1.165, 1.54) is 0 Å². The smallest absolute Gasteiger partial charge is 0.143 e. The van der Waals surface area contributed by atoms with Crippen molar-refractivity contribution in [2.24, 2.45) is 5.92 Å². The van der Waals surface area contributed by atoms with Crippen LogP contribution in [0, 0.1) is 5.92 Å². The molecule has 5 heteroatoms. The molecule has 2 aromatic rings. The van der Waals surface area contributed by atoms with Gasteiger partial charge in [0.15, 0.2) is 0 Å². The number of anilines is 3. The maximum atomic E-state index is 5.81. The van der Waals surface area contributed by atoms with E-state index in [-0.39, 0.29) is 6.10 Å². The molecule has 2 N–H and O–H groups in total. The summed E-state index contributed by atoms with van der Waals surface area (Å²) >= 11 is 0. The van der Waals surface area contributed by atoms with Gasteiger partial charge in [0.25, 0.3) is 0 Å². The third-order valence-corrected chi connectivity index (χ3v) is 2.87. The van der Waals surface area contributed by atoms with Gasteiger partial charge < -0.3 is 15.4 Å². The Morgan fingerprint density at radius 2 is 1.77 bits per heavy atom. The number of hydrogen-bond acceptors (Lipinski definition) is 5. The average molecular weight is 300 g/mol. The minimum atomic E-state index is 0.122. The molecule has 0 amide bonds. The molecule has 0 spiro atoms. The third kappa shape index (κ3) is 4.91. The minimum Gasteiger partial charge on any atom is -0.489 e. The number of nitrogens with one attached hydrogen (secondary N) is 2. The van der Waals surface area contributed by atoms with Crippen LogP contribution in [0.5, 0.6) is 5.75 Å². The zero-order valence-corrected chi connectivity index (χ0v) is 13.6. The summed E-state index contributed by atoms with van der Waals surface area (Å²) in [6.45, 7) is 9.22. The van der Waals surface area contributed by atoms with E-state index in [1.807, 2.05) is 44.2 Å². The normalized spacial score (nSPS) is 10.8. The number of nitrogens with zero attached hydrogens (tertiary/aromatic N) is 2. The van der Waals surface area contributed by atoms with Crippen LogP contribution in [0.3, 0.4) is 0 Å². The van der Waals surface area contributed by atoms with Crippen molar-refractivity contribution in [3.8, 4) is 5.75 Å². The molecule has 118 valence electrons. The van der Waals surface area contributed by atoms with Crippen LogP contribution in [-0.2, 0) is 0 Å². The zero-order chi connectivity index (χ0) is 15.9. The fraction of sp³-hybridized carbons (Fsp3) is 0.412. The van der Waals surface area contributed by atoms with Gasteiger partial charge in [0.1, 0.15) is 23.7 Å². The molecule has 0 aliphatic carbocycles. The second kappa shape index (κ2) is 7.64. The first-order valence-corrected chi connectivity index (χ1v) is 7.63. The number of benzene rings is 1. The lowest BCUT2D eigenvalue weighted by Gasteiger charge is -2.15. The van der Waals surface area contributed by atoms with Gasteiger partial charge >= 0.3 is 0 Å². The maximum Gasteiger partial charge on any atom is 0.143 e. The van der Waals surface area contributed by atoms with Gasteiger partial charge in [-0.1, -0.05) is 26.0 Å². The highest BCUT2D eigenvalue weighted by atomic mass is 16.5. The molecule has 0 saturated heterocycles. The van der Waals surface area contributed by atoms with E-state index in [0.717, 1.165) is 29.6 Å². The maximum absolute atomic E-state index is 5.81. The van der Waals surface area contributed by atoms with Crippen LogP contribution in [0.25, 0.3) is 0 Å². The Morgan fingerprint density at radius 3 is 2.50 bits per heavy atom. The number of para-hydroxylation sites is 2. The summed E-state index contributed by atoms with van der Waals surface area (Å²) in [6.07, 6.45) is 1.67. The van der Waals surface area contributed by atoms with Crippen LogP contribution in [0.2, 0.25) is 0 Å². The van der Waals surface area contributed by atoms with Gasteiger partial charge in [0, 0.05) is 12.6 Å². The molecule has 5 nitrogen and oxygen atoms in total. The quantitative estimate of drug-likeness (QED) is 0.807. The molecule has 0 unspecified atom stereocenters. The molecule has 0 atom stereocenters. The van der Waals surface area contributed by atoms with Gasteiger partial charge in [0.2, 0.25) is 0 Å². The van der Waals surface area contributed by atoms with Crippen molar-refractivity contribution in [2.45, 2.75) is 33.8 Å². The largest absolute Gasteiger partial charge is 0.489 e. The number of rotatable bonds is 7. The highest BCUT2D eigenvalue weighted by Gasteiger charge is 2.07. The van der Waals surface area contributed by atoms with Crippen LogP contribution in [0.1, 0.15) is 27.7 Å². The van der Waals surface area contributed by atoms with Gasteiger partial charge in [-0.3, -0.25) is 0 Å². The minimum absolute atomic E-state index is 0.122. The van der Waals surface area contributed by atoms with Gasteiger partial charge in [-0.05, 0) is 31.9 Å². The average Bonchev–Trinajstić information content (AvgIpc) is 2.47. The lowest BCUT2D eigenvalue weighted by molar-refractivity contribution is 0.244. The van der Waals surface area contributed by atoms with Gasteiger partial charge in [-0.15, -0.1) is 0 Å². The summed E-state index contributed by atoms with van der Waals surface area (Å²) in [5, 5.41) is 6.58. The predicted molar refractivity (Wildman–Crippen MR) is 90.8 cm³/mol. The summed E-state index contributed by atoms with van der Waals surface area (Å²) in [5.74, 6) is 2.92. The fourth-order valence-electron chi connectivity index (χ4n) is 1.90. The van der Waals surface area contributed by atoms with Crippen molar-refractivity contribution < 1.29 is 4.74 Å². The Hall–Kier alpha value is -2.30. The molecule has 1 aromatic heterocycles.